The van der Waals surface area contributed by atoms with Gasteiger partial charge in [0.2, 0.25) is 5.91 Å². The highest BCUT2D eigenvalue weighted by atomic mass is 32.2. The fourth-order valence-electron chi connectivity index (χ4n) is 3.39. The lowest BCUT2D eigenvalue weighted by atomic mass is 9.96. The molecule has 8 heteroatoms. The second-order valence-electron chi connectivity index (χ2n) is 6.58. The third-order valence-corrected chi connectivity index (χ3v) is 6.16. The van der Waals surface area contributed by atoms with Crippen LogP contribution < -0.4 is 10.0 Å². The first-order valence-electron chi connectivity index (χ1n) is 8.56. The number of fused-ring (bicyclic) bond motifs is 1. The lowest BCUT2D eigenvalue weighted by Gasteiger charge is -2.33. The van der Waals surface area contributed by atoms with Crippen molar-refractivity contribution in [2.75, 3.05) is 26.7 Å². The van der Waals surface area contributed by atoms with E-state index in [-0.39, 0.29) is 16.6 Å². The van der Waals surface area contributed by atoms with Crippen LogP contribution in [0.25, 0.3) is 0 Å². The van der Waals surface area contributed by atoms with E-state index in [1.807, 2.05) is 11.9 Å². The molecule has 0 aliphatic carbocycles. The summed E-state index contributed by atoms with van der Waals surface area (Å²) in [5.74, 6) is 0.796. The minimum Gasteiger partial charge on any atom is -0.341 e. The number of carbonyl (C=O) groups excluding carboxylic acids is 1. The molecule has 1 saturated heterocycles. The Kier molecular flexibility index (Phi) is 5.10. The smallest absolute Gasteiger partial charge is 0.263 e. The fraction of sp³-hybridized carbons (Fsp3) is 0.529. The Balaban J connectivity index is 1.71. The second kappa shape index (κ2) is 7.13. The number of amides is 1. The molecule has 136 valence electrons. The molecular weight excluding hydrogens is 340 g/mol. The van der Waals surface area contributed by atoms with Crippen molar-refractivity contribution in [1.82, 2.24) is 14.9 Å². The first kappa shape index (κ1) is 17.9. The Morgan fingerprint density at radius 1 is 1.36 bits per heavy atom. The molecule has 0 spiro atoms. The monoisotopic (exact) mass is 364 g/mol. The van der Waals surface area contributed by atoms with E-state index < -0.39 is 16.1 Å². The van der Waals surface area contributed by atoms with Crippen molar-refractivity contribution in [3.63, 3.8) is 0 Å². The van der Waals surface area contributed by atoms with Gasteiger partial charge in [0, 0.05) is 18.7 Å². The maximum Gasteiger partial charge on any atom is 0.263 e. The highest BCUT2D eigenvalue weighted by molar-refractivity contribution is 7.90. The van der Waals surface area contributed by atoms with Gasteiger partial charge in [-0.2, -0.15) is 0 Å². The molecule has 2 heterocycles. The quantitative estimate of drug-likeness (QED) is 0.817. The van der Waals surface area contributed by atoms with Crippen LogP contribution in [0.15, 0.2) is 34.2 Å². The molecule has 0 aromatic heterocycles. The normalized spacial score (nSPS) is 22.5. The van der Waals surface area contributed by atoms with Crippen molar-refractivity contribution >= 4 is 21.8 Å². The van der Waals surface area contributed by atoms with Crippen molar-refractivity contribution in [3.8, 4) is 0 Å². The Morgan fingerprint density at radius 2 is 2.04 bits per heavy atom. The average Bonchev–Trinajstić information content (AvgIpc) is 2.86. The highest BCUT2D eigenvalue weighted by Gasteiger charge is 2.32. The molecule has 1 atom stereocenters. The molecule has 3 rings (SSSR count). The van der Waals surface area contributed by atoms with Crippen molar-refractivity contribution in [2.45, 2.75) is 30.7 Å². The van der Waals surface area contributed by atoms with Gasteiger partial charge in [-0.25, -0.2) is 8.42 Å². The van der Waals surface area contributed by atoms with Crippen LogP contribution in [0.1, 0.15) is 25.3 Å². The third kappa shape index (κ3) is 3.69. The number of amidine groups is 1. The van der Waals surface area contributed by atoms with Crippen LogP contribution in [0.2, 0.25) is 0 Å². The first-order chi connectivity index (χ1) is 11.9. The minimum atomic E-state index is -3.58. The van der Waals surface area contributed by atoms with Gasteiger partial charge < -0.3 is 10.2 Å². The molecule has 1 aromatic rings. The predicted molar refractivity (Wildman–Crippen MR) is 96.0 cm³/mol. The number of piperidine rings is 1. The molecule has 1 unspecified atom stereocenters. The minimum absolute atomic E-state index is 0.0565. The number of rotatable bonds is 4. The molecule has 1 aromatic carbocycles. The van der Waals surface area contributed by atoms with Gasteiger partial charge in [-0.05, 0) is 51.4 Å². The Hall–Kier alpha value is -1.93. The van der Waals surface area contributed by atoms with E-state index in [0.29, 0.717) is 11.5 Å². The summed E-state index contributed by atoms with van der Waals surface area (Å²) in [6.45, 7) is 4.13. The molecule has 1 fully saturated rings. The summed E-state index contributed by atoms with van der Waals surface area (Å²) in [4.78, 5) is 19.1. The number of nitrogens with zero attached hydrogens (tertiary/aromatic N) is 2. The Bertz CT molecular complexity index is 783. The van der Waals surface area contributed by atoms with Crippen LogP contribution in [0.4, 0.5) is 0 Å². The highest BCUT2D eigenvalue weighted by Crippen LogP contribution is 2.23. The largest absolute Gasteiger partial charge is 0.341 e. The molecule has 0 bridgehead atoms. The van der Waals surface area contributed by atoms with Crippen LogP contribution in [0.3, 0.4) is 0 Å². The van der Waals surface area contributed by atoms with Gasteiger partial charge in [-0.1, -0.05) is 12.1 Å². The lowest BCUT2D eigenvalue weighted by molar-refractivity contribution is -0.133. The number of aliphatic imine (C=N–C) groups is 1. The molecule has 0 saturated carbocycles. The van der Waals surface area contributed by atoms with Gasteiger partial charge in [0.05, 0.1) is 4.90 Å². The van der Waals surface area contributed by atoms with E-state index in [0.717, 1.165) is 32.5 Å². The summed E-state index contributed by atoms with van der Waals surface area (Å²) in [5.41, 5.74) is 0.523. The molecule has 7 nitrogen and oxygen atoms in total. The van der Waals surface area contributed by atoms with E-state index >= 15 is 0 Å². The van der Waals surface area contributed by atoms with Crippen LogP contribution in [0.5, 0.6) is 0 Å². The molecule has 2 N–H and O–H groups in total. The van der Waals surface area contributed by atoms with Crippen molar-refractivity contribution in [2.24, 2.45) is 10.9 Å². The van der Waals surface area contributed by atoms with Crippen molar-refractivity contribution < 1.29 is 13.2 Å². The zero-order chi connectivity index (χ0) is 18.0. The first-order valence-corrected chi connectivity index (χ1v) is 10.0. The number of hydrogen-bond donors (Lipinski definition) is 2. The van der Waals surface area contributed by atoms with E-state index in [1.165, 1.54) is 0 Å². The molecule has 25 heavy (non-hydrogen) atoms. The zero-order valence-electron chi connectivity index (χ0n) is 14.5. The number of benzene rings is 1. The summed E-state index contributed by atoms with van der Waals surface area (Å²) < 4.78 is 26.7. The Morgan fingerprint density at radius 3 is 2.72 bits per heavy atom. The summed E-state index contributed by atoms with van der Waals surface area (Å²) in [5, 5.41) is 3.18. The third-order valence-electron chi connectivity index (χ3n) is 4.76. The van der Waals surface area contributed by atoms with Gasteiger partial charge >= 0.3 is 0 Å². The number of likely N-dealkylation sites (tertiary alicyclic amines) is 1. The summed E-state index contributed by atoms with van der Waals surface area (Å²) in [7, 11) is -1.64. The van der Waals surface area contributed by atoms with Crippen molar-refractivity contribution in [3.05, 3.63) is 29.8 Å². The maximum atomic E-state index is 12.6. The van der Waals surface area contributed by atoms with Crippen LogP contribution in [-0.4, -0.2) is 57.8 Å². The topological polar surface area (TPSA) is 90.9 Å². The molecule has 0 radical (unpaired) electrons. The van der Waals surface area contributed by atoms with E-state index in [1.54, 1.807) is 31.2 Å². The van der Waals surface area contributed by atoms with Crippen LogP contribution >= 0.6 is 0 Å². The van der Waals surface area contributed by atoms with Gasteiger partial charge in [0.25, 0.3) is 10.0 Å². The van der Waals surface area contributed by atoms with Crippen LogP contribution in [0, 0.1) is 5.92 Å². The standard InChI is InChI=1S/C17H24N4O3S/c1-12(17(22)21-9-7-13(8-10-21)11-18-2)19-16-14-5-3-4-6-15(14)25(23,24)20-16/h3-6,12-13,18H,7-11H2,1-2H3,(H,19,20). The predicted octanol–water partition coefficient (Wildman–Crippen LogP) is 0.572. The van der Waals surface area contributed by atoms with E-state index in [2.05, 4.69) is 15.0 Å². The maximum absolute atomic E-state index is 12.6. The van der Waals surface area contributed by atoms with Gasteiger partial charge in [-0.15, -0.1) is 0 Å². The molecule has 1 amide bonds. The van der Waals surface area contributed by atoms with Gasteiger partial charge in [0.15, 0.2) is 0 Å². The molecule has 2 aliphatic rings. The fourth-order valence-corrected chi connectivity index (χ4v) is 4.63. The molecular formula is C17H24N4O3S. The number of nitrogens with one attached hydrogen (secondary N) is 2. The zero-order valence-corrected chi connectivity index (χ0v) is 15.3. The van der Waals surface area contributed by atoms with Crippen molar-refractivity contribution in [1.29, 1.82) is 0 Å². The van der Waals surface area contributed by atoms with E-state index in [4.69, 9.17) is 0 Å². The van der Waals surface area contributed by atoms with Crippen LogP contribution in [-0.2, 0) is 14.8 Å². The van der Waals surface area contributed by atoms with Gasteiger partial charge in [-0.3, -0.25) is 14.5 Å². The van der Waals surface area contributed by atoms with E-state index in [9.17, 15) is 13.2 Å². The van der Waals surface area contributed by atoms with Gasteiger partial charge in [0.1, 0.15) is 11.9 Å². The SMILES string of the molecule is CNCC1CCN(C(=O)C(C)N=C2NS(=O)(=O)c3ccccc32)CC1. The second-order valence-corrected chi connectivity index (χ2v) is 8.23. The summed E-state index contributed by atoms with van der Waals surface area (Å²) in [6, 6.07) is 6.05. The summed E-state index contributed by atoms with van der Waals surface area (Å²) >= 11 is 0. The number of hydrogen-bond acceptors (Lipinski definition) is 5. The Labute approximate surface area is 148 Å². The molecule has 2 aliphatic heterocycles. The number of carbonyl (C=O) groups is 1. The number of sulfonamides is 1. The summed E-state index contributed by atoms with van der Waals surface area (Å²) in [6.07, 6.45) is 1.96. The average molecular weight is 364 g/mol. The lowest BCUT2D eigenvalue weighted by Crippen LogP contribution is -2.44.